The molecule has 1 fully saturated rings. The third-order valence-corrected chi connectivity index (χ3v) is 2.96. The number of hydrogen-bond donors (Lipinski definition) is 1. The van der Waals surface area contributed by atoms with Gasteiger partial charge in [-0.1, -0.05) is 13.8 Å². The molecule has 1 aliphatic carbocycles. The van der Waals surface area contributed by atoms with Crippen molar-refractivity contribution in [2.24, 2.45) is 5.92 Å². The van der Waals surface area contributed by atoms with Crippen molar-refractivity contribution in [1.82, 2.24) is 10.2 Å². The monoisotopic (exact) mass is 212 g/mol. The lowest BCUT2D eigenvalue weighted by Gasteiger charge is -2.28. The van der Waals surface area contributed by atoms with Crippen LogP contribution in [0.1, 0.15) is 47.0 Å². The molecule has 0 aromatic rings. The van der Waals surface area contributed by atoms with Gasteiger partial charge < -0.3 is 10.2 Å². The number of nitrogens with one attached hydrogen (secondary N) is 1. The Morgan fingerprint density at radius 3 is 2.33 bits per heavy atom. The van der Waals surface area contributed by atoms with E-state index in [-0.39, 0.29) is 0 Å². The third-order valence-electron chi connectivity index (χ3n) is 2.96. The lowest BCUT2D eigenvalue weighted by atomic mass is 10.1. The molecule has 0 heterocycles. The van der Waals surface area contributed by atoms with Crippen molar-refractivity contribution < 1.29 is 0 Å². The fourth-order valence-corrected chi connectivity index (χ4v) is 1.91. The average Bonchev–Trinajstić information content (AvgIpc) is 2.93. The van der Waals surface area contributed by atoms with Crippen LogP contribution in [-0.2, 0) is 0 Å². The van der Waals surface area contributed by atoms with E-state index in [2.05, 4.69) is 37.9 Å². The minimum Gasteiger partial charge on any atom is -0.314 e. The average molecular weight is 212 g/mol. The summed E-state index contributed by atoms with van der Waals surface area (Å²) in [6.07, 6.45) is 4.10. The van der Waals surface area contributed by atoms with Crippen molar-refractivity contribution in [3.8, 4) is 0 Å². The van der Waals surface area contributed by atoms with Crippen LogP contribution in [0, 0.1) is 5.92 Å². The molecule has 0 spiro atoms. The Hall–Kier alpha value is -0.0800. The van der Waals surface area contributed by atoms with Crippen LogP contribution in [0.4, 0.5) is 0 Å². The second-order valence-electron chi connectivity index (χ2n) is 5.56. The van der Waals surface area contributed by atoms with Gasteiger partial charge in [0.1, 0.15) is 0 Å². The minimum atomic E-state index is 0.688. The normalized spacial score (nSPS) is 17.0. The Kier molecular flexibility index (Phi) is 5.62. The van der Waals surface area contributed by atoms with Gasteiger partial charge in [-0.15, -0.1) is 0 Å². The highest BCUT2D eigenvalue weighted by molar-refractivity contribution is 4.80. The molecular formula is C13H28N2. The van der Waals surface area contributed by atoms with Crippen molar-refractivity contribution in [3.63, 3.8) is 0 Å². The van der Waals surface area contributed by atoms with Crippen LogP contribution < -0.4 is 5.32 Å². The fraction of sp³-hybridized carbons (Fsp3) is 1.00. The van der Waals surface area contributed by atoms with Crippen molar-refractivity contribution in [1.29, 1.82) is 0 Å². The van der Waals surface area contributed by atoms with Crippen LogP contribution in [0.15, 0.2) is 0 Å². The zero-order valence-corrected chi connectivity index (χ0v) is 10.9. The summed E-state index contributed by atoms with van der Waals surface area (Å²) in [6, 6.07) is 1.55. The summed E-state index contributed by atoms with van der Waals surface area (Å²) in [6.45, 7) is 12.9. The fourth-order valence-electron chi connectivity index (χ4n) is 1.91. The minimum absolute atomic E-state index is 0.688. The SMILES string of the molecule is CC(C)CN(CCCNC1CC1)C(C)C. The zero-order valence-electron chi connectivity index (χ0n) is 10.9. The molecule has 0 unspecified atom stereocenters. The zero-order chi connectivity index (χ0) is 11.3. The Balaban J connectivity index is 2.06. The lowest BCUT2D eigenvalue weighted by Crippen LogP contribution is -2.36. The molecule has 2 heteroatoms. The van der Waals surface area contributed by atoms with Gasteiger partial charge in [-0.05, 0) is 52.1 Å². The molecule has 0 aromatic heterocycles. The maximum Gasteiger partial charge on any atom is 0.00682 e. The molecule has 15 heavy (non-hydrogen) atoms. The van der Waals surface area contributed by atoms with Crippen molar-refractivity contribution in [2.45, 2.75) is 59.0 Å². The first-order valence-electron chi connectivity index (χ1n) is 6.57. The van der Waals surface area contributed by atoms with Crippen LogP contribution >= 0.6 is 0 Å². The summed E-state index contributed by atoms with van der Waals surface area (Å²) in [5, 5.41) is 3.58. The highest BCUT2D eigenvalue weighted by Crippen LogP contribution is 2.18. The number of hydrogen-bond acceptors (Lipinski definition) is 2. The van der Waals surface area contributed by atoms with Gasteiger partial charge in [0, 0.05) is 18.6 Å². The first-order chi connectivity index (χ1) is 7.09. The molecule has 0 radical (unpaired) electrons. The van der Waals surface area contributed by atoms with Gasteiger partial charge in [0.15, 0.2) is 0 Å². The van der Waals surface area contributed by atoms with E-state index in [4.69, 9.17) is 0 Å². The summed E-state index contributed by atoms with van der Waals surface area (Å²) < 4.78 is 0. The van der Waals surface area contributed by atoms with Crippen LogP contribution in [-0.4, -0.2) is 36.6 Å². The van der Waals surface area contributed by atoms with E-state index in [1.54, 1.807) is 0 Å². The van der Waals surface area contributed by atoms with Gasteiger partial charge >= 0.3 is 0 Å². The predicted molar refractivity (Wildman–Crippen MR) is 67.2 cm³/mol. The first kappa shape index (κ1) is 13.0. The van der Waals surface area contributed by atoms with Crippen molar-refractivity contribution in [3.05, 3.63) is 0 Å². The van der Waals surface area contributed by atoms with E-state index in [9.17, 15) is 0 Å². The molecule has 1 saturated carbocycles. The van der Waals surface area contributed by atoms with E-state index in [1.165, 1.54) is 38.9 Å². The maximum atomic E-state index is 3.58. The number of nitrogens with zero attached hydrogens (tertiary/aromatic N) is 1. The van der Waals surface area contributed by atoms with Crippen LogP contribution in [0.5, 0.6) is 0 Å². The van der Waals surface area contributed by atoms with Gasteiger partial charge in [0.25, 0.3) is 0 Å². The van der Waals surface area contributed by atoms with E-state index in [0.29, 0.717) is 6.04 Å². The third kappa shape index (κ3) is 6.16. The summed E-state index contributed by atoms with van der Waals surface area (Å²) in [5.74, 6) is 0.781. The molecule has 2 nitrogen and oxygen atoms in total. The lowest BCUT2D eigenvalue weighted by molar-refractivity contribution is 0.195. The molecule has 1 aliphatic rings. The molecule has 1 rings (SSSR count). The molecule has 0 saturated heterocycles. The van der Waals surface area contributed by atoms with Crippen molar-refractivity contribution >= 4 is 0 Å². The largest absolute Gasteiger partial charge is 0.314 e. The Labute approximate surface area is 95.4 Å². The topological polar surface area (TPSA) is 15.3 Å². The molecule has 0 aliphatic heterocycles. The molecule has 0 bridgehead atoms. The first-order valence-corrected chi connectivity index (χ1v) is 6.57. The predicted octanol–water partition coefficient (Wildman–Crippen LogP) is 2.49. The Bertz CT molecular complexity index is 162. The highest BCUT2D eigenvalue weighted by atomic mass is 15.1. The van der Waals surface area contributed by atoms with Crippen LogP contribution in [0.2, 0.25) is 0 Å². The van der Waals surface area contributed by atoms with Gasteiger partial charge in [0.2, 0.25) is 0 Å². The van der Waals surface area contributed by atoms with Gasteiger partial charge in [0.05, 0.1) is 0 Å². The smallest absolute Gasteiger partial charge is 0.00682 e. The van der Waals surface area contributed by atoms with Gasteiger partial charge in [-0.3, -0.25) is 0 Å². The second kappa shape index (κ2) is 6.49. The van der Waals surface area contributed by atoms with E-state index in [1.807, 2.05) is 0 Å². The van der Waals surface area contributed by atoms with E-state index in [0.717, 1.165) is 12.0 Å². The van der Waals surface area contributed by atoms with Crippen molar-refractivity contribution in [2.75, 3.05) is 19.6 Å². The Morgan fingerprint density at radius 1 is 1.20 bits per heavy atom. The van der Waals surface area contributed by atoms with Crippen LogP contribution in [0.25, 0.3) is 0 Å². The highest BCUT2D eigenvalue weighted by Gasteiger charge is 2.19. The van der Waals surface area contributed by atoms with Gasteiger partial charge in [-0.2, -0.15) is 0 Å². The molecule has 0 amide bonds. The standard InChI is InChI=1S/C13H28N2/c1-11(2)10-15(12(3)4)9-5-8-14-13-6-7-13/h11-14H,5-10H2,1-4H3. The quantitative estimate of drug-likeness (QED) is 0.622. The molecule has 1 N–H and O–H groups in total. The Morgan fingerprint density at radius 2 is 1.87 bits per heavy atom. The molecular weight excluding hydrogens is 184 g/mol. The summed E-state index contributed by atoms with van der Waals surface area (Å²) in [7, 11) is 0. The van der Waals surface area contributed by atoms with Crippen LogP contribution in [0.3, 0.4) is 0 Å². The van der Waals surface area contributed by atoms with E-state index >= 15 is 0 Å². The summed E-state index contributed by atoms with van der Waals surface area (Å²) in [5.41, 5.74) is 0. The molecule has 0 aromatic carbocycles. The van der Waals surface area contributed by atoms with E-state index < -0.39 is 0 Å². The summed E-state index contributed by atoms with van der Waals surface area (Å²) in [4.78, 5) is 2.60. The maximum absolute atomic E-state index is 3.58. The summed E-state index contributed by atoms with van der Waals surface area (Å²) >= 11 is 0. The molecule has 0 atom stereocenters. The van der Waals surface area contributed by atoms with Gasteiger partial charge in [-0.25, -0.2) is 0 Å². The number of rotatable bonds is 8. The second-order valence-corrected chi connectivity index (χ2v) is 5.56. The molecule has 90 valence electrons.